The lowest BCUT2D eigenvalue weighted by atomic mass is 10.2. The highest BCUT2D eigenvalue weighted by Crippen LogP contribution is 2.14. The van der Waals surface area contributed by atoms with E-state index in [1.165, 1.54) is 10.9 Å². The number of carbonyl (C=O) groups excluding carboxylic acids is 1. The molecule has 0 atom stereocenters. The number of hydrogen-bond donors (Lipinski definition) is 1. The highest BCUT2D eigenvalue weighted by atomic mass is 79.9. The normalized spacial score (nSPS) is 10.5. The summed E-state index contributed by atoms with van der Waals surface area (Å²) in [7, 11) is 0. The molecule has 2 rings (SSSR count). The molecule has 0 aliphatic rings. The number of carbonyl (C=O) groups is 1. The van der Waals surface area contributed by atoms with Gasteiger partial charge in [-0.25, -0.2) is 14.8 Å². The van der Waals surface area contributed by atoms with E-state index in [1.54, 1.807) is 13.8 Å². The van der Waals surface area contributed by atoms with Crippen LogP contribution >= 0.6 is 15.9 Å². The van der Waals surface area contributed by atoms with Crippen molar-refractivity contribution in [2.24, 2.45) is 0 Å². The number of nitrogens with two attached hydrogens (primary N) is 1. The van der Waals surface area contributed by atoms with Crippen molar-refractivity contribution in [3.63, 3.8) is 0 Å². The van der Waals surface area contributed by atoms with E-state index in [2.05, 4.69) is 36.0 Å². The molecule has 8 nitrogen and oxygen atoms in total. The van der Waals surface area contributed by atoms with Crippen molar-refractivity contribution in [3.8, 4) is 5.95 Å². The van der Waals surface area contributed by atoms with Crippen molar-refractivity contribution in [2.75, 3.05) is 12.3 Å². The summed E-state index contributed by atoms with van der Waals surface area (Å²) < 4.78 is 6.61. The highest BCUT2D eigenvalue weighted by Gasteiger charge is 2.15. The van der Waals surface area contributed by atoms with E-state index in [-0.39, 0.29) is 11.9 Å². The number of esters is 1. The second-order valence-corrected chi connectivity index (χ2v) is 4.25. The second-order valence-electron chi connectivity index (χ2n) is 3.54. The van der Waals surface area contributed by atoms with Crippen LogP contribution < -0.4 is 5.73 Å². The first-order valence-electron chi connectivity index (χ1n) is 5.42. The molecule has 0 spiro atoms. The summed E-state index contributed by atoms with van der Waals surface area (Å²) in [6.45, 7) is 3.72. The molecule has 9 heteroatoms. The van der Waals surface area contributed by atoms with Crippen molar-refractivity contribution in [3.05, 3.63) is 22.2 Å². The van der Waals surface area contributed by atoms with Gasteiger partial charge in [0.15, 0.2) is 0 Å². The minimum absolute atomic E-state index is 0.0996. The van der Waals surface area contributed by atoms with Gasteiger partial charge in [0.2, 0.25) is 10.7 Å². The maximum Gasteiger partial charge on any atom is 0.341 e. The molecule has 0 bridgehead atoms. The maximum absolute atomic E-state index is 11.6. The van der Waals surface area contributed by atoms with Gasteiger partial charge in [0, 0.05) is 6.20 Å². The Kier molecular flexibility index (Phi) is 3.74. The van der Waals surface area contributed by atoms with Gasteiger partial charge in [-0.2, -0.15) is 9.67 Å². The van der Waals surface area contributed by atoms with Crippen LogP contribution in [-0.2, 0) is 4.74 Å². The number of nitrogen functional groups attached to an aromatic ring is 1. The summed E-state index contributed by atoms with van der Waals surface area (Å²) in [5, 5.41) is 3.93. The van der Waals surface area contributed by atoms with E-state index in [0.29, 0.717) is 22.6 Å². The van der Waals surface area contributed by atoms with Gasteiger partial charge in [0.25, 0.3) is 5.95 Å². The van der Waals surface area contributed by atoms with Gasteiger partial charge in [-0.15, -0.1) is 5.10 Å². The Bertz CT molecular complexity index is 626. The third-order valence-corrected chi connectivity index (χ3v) is 2.75. The SMILES string of the molecule is CCOC(=O)c1cnc(-n2nc(N)nc2Br)nc1C. The smallest absolute Gasteiger partial charge is 0.341 e. The molecular weight excluding hydrogens is 316 g/mol. The predicted octanol–water partition coefficient (Wildman–Crippen LogP) is 0.887. The van der Waals surface area contributed by atoms with Crippen LogP contribution in [0.25, 0.3) is 5.95 Å². The first kappa shape index (κ1) is 13.4. The summed E-state index contributed by atoms with van der Waals surface area (Å²) in [6.07, 6.45) is 1.39. The molecule has 19 heavy (non-hydrogen) atoms. The average molecular weight is 327 g/mol. The first-order chi connectivity index (χ1) is 9.02. The monoisotopic (exact) mass is 326 g/mol. The van der Waals surface area contributed by atoms with Crippen LogP contribution in [0.3, 0.4) is 0 Å². The van der Waals surface area contributed by atoms with Crippen molar-refractivity contribution in [1.29, 1.82) is 0 Å². The summed E-state index contributed by atoms with van der Waals surface area (Å²) in [5.41, 5.74) is 6.27. The molecule has 2 aromatic heterocycles. The van der Waals surface area contributed by atoms with Crippen LogP contribution in [0.5, 0.6) is 0 Å². The maximum atomic E-state index is 11.6. The van der Waals surface area contributed by atoms with Gasteiger partial charge >= 0.3 is 5.97 Å². The minimum atomic E-state index is -0.455. The molecule has 100 valence electrons. The van der Waals surface area contributed by atoms with Crippen LogP contribution in [0.2, 0.25) is 0 Å². The molecular formula is C10H11BrN6O2. The largest absolute Gasteiger partial charge is 0.462 e. The fourth-order valence-corrected chi connectivity index (χ4v) is 1.82. The predicted molar refractivity (Wildman–Crippen MR) is 69.8 cm³/mol. The lowest BCUT2D eigenvalue weighted by Crippen LogP contribution is -2.12. The van der Waals surface area contributed by atoms with Crippen LogP contribution in [-0.4, -0.2) is 37.3 Å². The summed E-state index contributed by atoms with van der Waals surface area (Å²) in [6, 6.07) is 0. The molecule has 0 saturated carbocycles. The molecule has 2 heterocycles. The molecule has 0 saturated heterocycles. The van der Waals surface area contributed by atoms with E-state index in [4.69, 9.17) is 10.5 Å². The molecule has 0 aliphatic heterocycles. The van der Waals surface area contributed by atoms with Crippen LogP contribution in [0.1, 0.15) is 23.0 Å². The Hall–Kier alpha value is -2.03. The molecule has 0 unspecified atom stereocenters. The quantitative estimate of drug-likeness (QED) is 0.834. The van der Waals surface area contributed by atoms with Crippen molar-refractivity contribution >= 4 is 27.8 Å². The van der Waals surface area contributed by atoms with Gasteiger partial charge in [0.1, 0.15) is 0 Å². The number of anilines is 1. The summed E-state index contributed by atoms with van der Waals surface area (Å²) >= 11 is 3.19. The zero-order chi connectivity index (χ0) is 14.0. The van der Waals surface area contributed by atoms with Gasteiger partial charge in [-0.3, -0.25) is 0 Å². The van der Waals surface area contributed by atoms with Gasteiger partial charge in [-0.1, -0.05) is 0 Å². The third kappa shape index (κ3) is 2.70. The summed E-state index contributed by atoms with van der Waals surface area (Å²) in [5.74, 6) is -0.0899. The number of rotatable bonds is 3. The number of aryl methyl sites for hydroxylation is 1. The third-order valence-electron chi connectivity index (χ3n) is 2.24. The number of nitrogens with zero attached hydrogens (tertiary/aromatic N) is 5. The number of aromatic nitrogens is 5. The van der Waals surface area contributed by atoms with Crippen LogP contribution in [0.15, 0.2) is 10.9 Å². The molecule has 0 aliphatic carbocycles. The molecule has 0 fully saturated rings. The Morgan fingerprint density at radius 1 is 1.53 bits per heavy atom. The highest BCUT2D eigenvalue weighted by molar-refractivity contribution is 9.10. The van der Waals surface area contributed by atoms with E-state index >= 15 is 0 Å². The Balaban J connectivity index is 2.39. The van der Waals surface area contributed by atoms with E-state index in [0.717, 1.165) is 0 Å². The molecule has 0 amide bonds. The molecule has 0 aromatic carbocycles. The standard InChI is InChI=1S/C10H11BrN6O2/c1-3-19-7(18)6-4-13-10(14-5(6)2)17-8(11)15-9(12)16-17/h4H,3H2,1-2H3,(H2,12,16). The number of hydrogen-bond acceptors (Lipinski definition) is 7. The fraction of sp³-hybridized carbons (Fsp3) is 0.300. The fourth-order valence-electron chi connectivity index (χ4n) is 1.40. The van der Waals surface area contributed by atoms with Crippen LogP contribution in [0, 0.1) is 6.92 Å². The average Bonchev–Trinajstić information content (AvgIpc) is 2.68. The zero-order valence-corrected chi connectivity index (χ0v) is 11.9. The molecule has 2 N–H and O–H groups in total. The Labute approximate surface area is 117 Å². The van der Waals surface area contributed by atoms with E-state index in [9.17, 15) is 4.79 Å². The zero-order valence-electron chi connectivity index (χ0n) is 10.3. The van der Waals surface area contributed by atoms with Crippen molar-refractivity contribution < 1.29 is 9.53 Å². The van der Waals surface area contributed by atoms with Gasteiger partial charge in [0.05, 0.1) is 17.9 Å². The Morgan fingerprint density at radius 2 is 2.26 bits per heavy atom. The van der Waals surface area contributed by atoms with E-state index in [1.807, 2.05) is 0 Å². The topological polar surface area (TPSA) is 109 Å². The summed E-state index contributed by atoms with van der Waals surface area (Å²) in [4.78, 5) is 23.7. The first-order valence-corrected chi connectivity index (χ1v) is 6.21. The van der Waals surface area contributed by atoms with Gasteiger partial charge < -0.3 is 10.5 Å². The Morgan fingerprint density at radius 3 is 2.79 bits per heavy atom. The van der Waals surface area contributed by atoms with Crippen molar-refractivity contribution in [2.45, 2.75) is 13.8 Å². The minimum Gasteiger partial charge on any atom is -0.462 e. The second kappa shape index (κ2) is 5.31. The lowest BCUT2D eigenvalue weighted by Gasteiger charge is -2.06. The van der Waals surface area contributed by atoms with Crippen molar-refractivity contribution in [1.82, 2.24) is 24.7 Å². The van der Waals surface area contributed by atoms with Gasteiger partial charge in [-0.05, 0) is 29.8 Å². The molecule has 0 radical (unpaired) electrons. The van der Waals surface area contributed by atoms with E-state index < -0.39 is 5.97 Å². The number of halogens is 1. The number of ether oxygens (including phenoxy) is 1. The lowest BCUT2D eigenvalue weighted by molar-refractivity contribution is 0.0524. The molecule has 2 aromatic rings. The van der Waals surface area contributed by atoms with Crippen LogP contribution in [0.4, 0.5) is 5.95 Å².